The van der Waals surface area contributed by atoms with Crippen LogP contribution in [0, 0.1) is 0 Å². The predicted molar refractivity (Wildman–Crippen MR) is 76.8 cm³/mol. The largest absolute Gasteiger partial charge is 0.481 e. The molecule has 1 aromatic carbocycles. The highest BCUT2D eigenvalue weighted by atomic mass is 16.4. The molecule has 3 N–H and O–H groups in total. The van der Waals surface area contributed by atoms with E-state index >= 15 is 0 Å². The number of amides is 1. The summed E-state index contributed by atoms with van der Waals surface area (Å²) in [5, 5.41) is 14.7. The monoisotopic (exact) mass is 276 g/mol. The predicted octanol–water partition coefficient (Wildman–Crippen LogP) is 1.96. The fourth-order valence-corrected chi connectivity index (χ4v) is 2.00. The Bertz CT molecular complexity index is 480. The van der Waals surface area contributed by atoms with Crippen molar-refractivity contribution in [1.82, 2.24) is 5.32 Å². The third kappa shape index (κ3) is 4.66. The first-order chi connectivity index (χ1) is 9.54. The molecule has 20 heavy (non-hydrogen) atoms. The molecule has 1 fully saturated rings. The summed E-state index contributed by atoms with van der Waals surface area (Å²) in [6.07, 6.45) is 2.42. The maximum Gasteiger partial charge on any atom is 0.303 e. The summed E-state index contributed by atoms with van der Waals surface area (Å²) in [5.74, 6) is -0.891. The van der Waals surface area contributed by atoms with Gasteiger partial charge in [-0.25, -0.2) is 0 Å². The molecule has 0 spiro atoms. The van der Waals surface area contributed by atoms with Gasteiger partial charge in [-0.15, -0.1) is 0 Å². The number of carboxylic acid groups (broad SMARTS) is 1. The molecule has 2 rings (SSSR count). The van der Waals surface area contributed by atoms with Gasteiger partial charge in [-0.1, -0.05) is 19.1 Å². The van der Waals surface area contributed by atoms with E-state index in [9.17, 15) is 9.59 Å². The molecule has 0 aromatic heterocycles. The molecule has 108 valence electrons. The molecule has 5 nitrogen and oxygen atoms in total. The van der Waals surface area contributed by atoms with E-state index in [-0.39, 0.29) is 18.2 Å². The Morgan fingerprint density at radius 1 is 1.30 bits per heavy atom. The summed E-state index contributed by atoms with van der Waals surface area (Å²) < 4.78 is 0. The highest BCUT2D eigenvalue weighted by Gasteiger charge is 2.21. The van der Waals surface area contributed by atoms with Gasteiger partial charge in [0.2, 0.25) is 5.91 Å². The van der Waals surface area contributed by atoms with Crippen LogP contribution in [0.4, 0.5) is 5.69 Å². The van der Waals surface area contributed by atoms with E-state index in [0.29, 0.717) is 12.6 Å². The van der Waals surface area contributed by atoms with E-state index < -0.39 is 5.97 Å². The lowest BCUT2D eigenvalue weighted by Crippen LogP contribution is -2.29. The van der Waals surface area contributed by atoms with Crippen LogP contribution in [0.2, 0.25) is 0 Å². The van der Waals surface area contributed by atoms with Crippen LogP contribution in [-0.4, -0.2) is 29.6 Å². The zero-order valence-electron chi connectivity index (χ0n) is 11.6. The Morgan fingerprint density at radius 2 is 1.95 bits per heavy atom. The quantitative estimate of drug-likeness (QED) is 0.711. The van der Waals surface area contributed by atoms with Crippen molar-refractivity contribution in [2.75, 3.05) is 11.9 Å². The lowest BCUT2D eigenvalue weighted by molar-refractivity contribution is -0.137. The lowest BCUT2D eigenvalue weighted by atomic mass is 9.98. The van der Waals surface area contributed by atoms with Gasteiger partial charge in [0.25, 0.3) is 0 Å². The molecular weight excluding hydrogens is 256 g/mol. The van der Waals surface area contributed by atoms with E-state index in [1.165, 1.54) is 0 Å². The summed E-state index contributed by atoms with van der Waals surface area (Å²) in [7, 11) is 0. The Morgan fingerprint density at radius 3 is 2.50 bits per heavy atom. The number of carbonyl (C=O) groups excluding carboxylic acids is 1. The average molecular weight is 276 g/mol. The molecule has 0 radical (unpaired) electrons. The van der Waals surface area contributed by atoms with Gasteiger partial charge in [-0.05, 0) is 36.5 Å². The van der Waals surface area contributed by atoms with Gasteiger partial charge in [-0.3, -0.25) is 9.59 Å². The summed E-state index contributed by atoms with van der Waals surface area (Å²) in [6, 6.07) is 7.85. The molecule has 1 aliphatic rings. The first-order valence-electron chi connectivity index (χ1n) is 6.89. The van der Waals surface area contributed by atoms with Crippen LogP contribution in [0.5, 0.6) is 0 Å². The average Bonchev–Trinajstić information content (AvgIpc) is 3.20. The number of benzene rings is 1. The number of hydrogen-bond donors (Lipinski definition) is 3. The minimum atomic E-state index is -0.805. The second kappa shape index (κ2) is 6.52. The zero-order chi connectivity index (χ0) is 14.5. The fraction of sp³-hybridized carbons (Fsp3) is 0.467. The van der Waals surface area contributed by atoms with Crippen molar-refractivity contribution in [3.05, 3.63) is 29.8 Å². The first-order valence-corrected chi connectivity index (χ1v) is 6.89. The fourth-order valence-electron chi connectivity index (χ4n) is 2.00. The molecule has 1 aliphatic carbocycles. The van der Waals surface area contributed by atoms with Gasteiger partial charge in [0.05, 0.1) is 13.0 Å². The van der Waals surface area contributed by atoms with Crippen LogP contribution < -0.4 is 10.6 Å². The molecule has 1 amide bonds. The minimum Gasteiger partial charge on any atom is -0.481 e. The van der Waals surface area contributed by atoms with Crippen molar-refractivity contribution in [2.45, 2.75) is 38.1 Å². The van der Waals surface area contributed by atoms with Crippen molar-refractivity contribution in [2.24, 2.45) is 0 Å². The van der Waals surface area contributed by atoms with Crippen molar-refractivity contribution in [3.8, 4) is 0 Å². The van der Waals surface area contributed by atoms with Crippen LogP contribution in [0.3, 0.4) is 0 Å². The smallest absolute Gasteiger partial charge is 0.303 e. The van der Waals surface area contributed by atoms with E-state index in [2.05, 4.69) is 10.6 Å². The second-order valence-corrected chi connectivity index (χ2v) is 5.32. The van der Waals surface area contributed by atoms with Crippen molar-refractivity contribution in [3.63, 3.8) is 0 Å². The number of aliphatic carboxylic acids is 1. The SMILES string of the molecule is CC(CC(=O)O)c1ccc(NC(=O)CNC2CC2)cc1. The Balaban J connectivity index is 1.83. The molecule has 1 unspecified atom stereocenters. The van der Waals surface area contributed by atoms with Crippen LogP contribution in [0.1, 0.15) is 37.7 Å². The highest BCUT2D eigenvalue weighted by Crippen LogP contribution is 2.21. The number of rotatable bonds is 7. The number of carboxylic acids is 1. The molecule has 1 saturated carbocycles. The molecule has 0 saturated heterocycles. The van der Waals surface area contributed by atoms with E-state index in [0.717, 1.165) is 24.1 Å². The summed E-state index contributed by atoms with van der Waals surface area (Å²) in [5.41, 5.74) is 1.69. The normalized spacial score (nSPS) is 15.7. The Kier molecular flexibility index (Phi) is 4.74. The van der Waals surface area contributed by atoms with E-state index in [4.69, 9.17) is 5.11 Å². The number of carbonyl (C=O) groups is 2. The van der Waals surface area contributed by atoms with Crippen molar-refractivity contribution >= 4 is 17.6 Å². The summed E-state index contributed by atoms with van der Waals surface area (Å²) >= 11 is 0. The molecule has 5 heteroatoms. The maximum absolute atomic E-state index is 11.7. The number of hydrogen-bond acceptors (Lipinski definition) is 3. The Hall–Kier alpha value is -1.88. The summed E-state index contributed by atoms with van der Waals surface area (Å²) in [4.78, 5) is 22.3. The minimum absolute atomic E-state index is 0.0335. The summed E-state index contributed by atoms with van der Waals surface area (Å²) in [6.45, 7) is 2.21. The van der Waals surface area contributed by atoms with Gasteiger partial charge in [0.15, 0.2) is 0 Å². The molecule has 1 atom stereocenters. The van der Waals surface area contributed by atoms with Crippen LogP contribution >= 0.6 is 0 Å². The maximum atomic E-state index is 11.7. The number of nitrogens with one attached hydrogen (secondary N) is 2. The topological polar surface area (TPSA) is 78.4 Å². The number of anilines is 1. The van der Waals surface area contributed by atoms with Crippen LogP contribution in [-0.2, 0) is 9.59 Å². The molecule has 1 aromatic rings. The van der Waals surface area contributed by atoms with Gasteiger partial charge in [0, 0.05) is 11.7 Å². The third-order valence-electron chi connectivity index (χ3n) is 3.37. The molecular formula is C15H20N2O3. The van der Waals surface area contributed by atoms with Crippen molar-refractivity contribution < 1.29 is 14.7 Å². The zero-order valence-corrected chi connectivity index (χ0v) is 11.6. The van der Waals surface area contributed by atoms with Crippen LogP contribution in [0.25, 0.3) is 0 Å². The molecule has 0 bridgehead atoms. The first kappa shape index (κ1) is 14.5. The molecule has 0 heterocycles. The second-order valence-electron chi connectivity index (χ2n) is 5.32. The van der Waals surface area contributed by atoms with E-state index in [1.807, 2.05) is 31.2 Å². The van der Waals surface area contributed by atoms with Gasteiger partial charge in [0.1, 0.15) is 0 Å². The van der Waals surface area contributed by atoms with Gasteiger partial charge in [-0.2, -0.15) is 0 Å². The highest BCUT2D eigenvalue weighted by molar-refractivity contribution is 5.92. The Labute approximate surface area is 118 Å². The van der Waals surface area contributed by atoms with Gasteiger partial charge < -0.3 is 15.7 Å². The lowest BCUT2D eigenvalue weighted by Gasteiger charge is -2.11. The van der Waals surface area contributed by atoms with Gasteiger partial charge >= 0.3 is 5.97 Å². The standard InChI is InChI=1S/C15H20N2O3/c1-10(8-15(19)20)11-2-4-13(5-3-11)17-14(18)9-16-12-6-7-12/h2-5,10,12,16H,6-9H2,1H3,(H,17,18)(H,19,20). The van der Waals surface area contributed by atoms with Crippen molar-refractivity contribution in [1.29, 1.82) is 0 Å². The third-order valence-corrected chi connectivity index (χ3v) is 3.37. The van der Waals surface area contributed by atoms with E-state index in [1.54, 1.807) is 0 Å². The molecule has 0 aliphatic heterocycles. The van der Waals surface area contributed by atoms with Crippen LogP contribution in [0.15, 0.2) is 24.3 Å².